The van der Waals surface area contributed by atoms with Gasteiger partial charge in [0.2, 0.25) is 5.91 Å². The van der Waals surface area contributed by atoms with E-state index in [1.54, 1.807) is 11.8 Å². The summed E-state index contributed by atoms with van der Waals surface area (Å²) in [6.45, 7) is 6.43. The summed E-state index contributed by atoms with van der Waals surface area (Å²) < 4.78 is 5.74. The van der Waals surface area contributed by atoms with Gasteiger partial charge in [-0.2, -0.15) is 0 Å². The fourth-order valence-electron chi connectivity index (χ4n) is 3.41. The Hall–Kier alpha value is -1.57. The number of hydrogen-bond donors (Lipinski definition) is 2. The average molecular weight is 392 g/mol. The third-order valence-corrected chi connectivity index (χ3v) is 5.89. The topological polar surface area (TPSA) is 70.7 Å². The Bertz CT molecular complexity index is 647. The van der Waals surface area contributed by atoms with Gasteiger partial charge in [0.05, 0.1) is 17.8 Å². The van der Waals surface area contributed by atoms with E-state index in [2.05, 4.69) is 22.8 Å². The Balaban J connectivity index is 1.42. The van der Waals surface area contributed by atoms with Crippen LogP contribution in [0.2, 0.25) is 0 Å². The Morgan fingerprint density at radius 2 is 2.11 bits per heavy atom. The lowest BCUT2D eigenvalue weighted by Gasteiger charge is -2.27. The van der Waals surface area contributed by atoms with Gasteiger partial charge in [-0.25, -0.2) is 0 Å². The molecular weight excluding hydrogens is 362 g/mol. The van der Waals surface area contributed by atoms with Crippen molar-refractivity contribution in [2.24, 2.45) is 5.92 Å². The molecular formula is C20H29N3O3S. The first-order chi connectivity index (χ1) is 12.9. The molecule has 2 saturated heterocycles. The maximum atomic E-state index is 12.6. The van der Waals surface area contributed by atoms with Crippen LogP contribution < -0.4 is 10.6 Å². The molecule has 27 heavy (non-hydrogen) atoms. The van der Waals surface area contributed by atoms with E-state index in [-0.39, 0.29) is 23.8 Å². The minimum Gasteiger partial charge on any atom is -0.458 e. The number of carbonyl (C=O) groups excluding carboxylic acids is 2. The van der Waals surface area contributed by atoms with Crippen LogP contribution in [0.25, 0.3) is 0 Å². The zero-order valence-corrected chi connectivity index (χ0v) is 16.9. The summed E-state index contributed by atoms with van der Waals surface area (Å²) in [7, 11) is 0. The number of carbonyl (C=O) groups is 2. The molecule has 7 heteroatoms. The Morgan fingerprint density at radius 1 is 1.33 bits per heavy atom. The molecule has 1 aromatic rings. The van der Waals surface area contributed by atoms with E-state index in [9.17, 15) is 9.59 Å². The Morgan fingerprint density at radius 3 is 2.81 bits per heavy atom. The lowest BCUT2D eigenvalue weighted by molar-refractivity contribution is -0.160. The van der Waals surface area contributed by atoms with Crippen molar-refractivity contribution < 1.29 is 14.3 Å². The number of ether oxygens (including phenoxy) is 1. The highest BCUT2D eigenvalue weighted by molar-refractivity contribution is 7.99. The maximum absolute atomic E-state index is 12.6. The number of hydrogen-bond acceptors (Lipinski definition) is 6. The zero-order valence-electron chi connectivity index (χ0n) is 16.1. The van der Waals surface area contributed by atoms with Gasteiger partial charge in [-0.05, 0) is 25.8 Å². The smallest absolute Gasteiger partial charge is 0.310 e. The molecule has 0 aliphatic carbocycles. The van der Waals surface area contributed by atoms with Crippen LogP contribution in [-0.4, -0.2) is 59.7 Å². The number of amides is 1. The van der Waals surface area contributed by atoms with Crippen LogP contribution in [0, 0.1) is 5.92 Å². The molecule has 0 bridgehead atoms. The molecule has 0 radical (unpaired) electrons. The molecule has 1 amide bonds. The fourth-order valence-corrected chi connectivity index (χ4v) is 4.36. The third-order valence-electron chi connectivity index (χ3n) is 4.93. The minimum absolute atomic E-state index is 0.110. The Labute approximate surface area is 165 Å². The second-order valence-corrected chi connectivity index (χ2v) is 8.88. The largest absolute Gasteiger partial charge is 0.458 e. The number of benzene rings is 1. The molecule has 6 nitrogen and oxygen atoms in total. The first-order valence-electron chi connectivity index (χ1n) is 9.52. The van der Waals surface area contributed by atoms with Crippen LogP contribution in [0.3, 0.4) is 0 Å². The van der Waals surface area contributed by atoms with E-state index >= 15 is 0 Å². The normalized spacial score (nSPS) is 22.8. The zero-order chi connectivity index (χ0) is 19.3. The molecule has 148 valence electrons. The molecule has 2 N–H and O–H groups in total. The summed E-state index contributed by atoms with van der Waals surface area (Å²) in [5, 5.41) is 6.54. The molecule has 2 heterocycles. The predicted molar refractivity (Wildman–Crippen MR) is 107 cm³/mol. The van der Waals surface area contributed by atoms with Crippen LogP contribution >= 0.6 is 11.8 Å². The first-order valence-corrected chi connectivity index (χ1v) is 10.7. The van der Waals surface area contributed by atoms with Gasteiger partial charge in [0.25, 0.3) is 0 Å². The van der Waals surface area contributed by atoms with Crippen LogP contribution in [-0.2, 0) is 20.9 Å². The van der Waals surface area contributed by atoms with Crippen molar-refractivity contribution in [2.45, 2.75) is 38.5 Å². The van der Waals surface area contributed by atoms with E-state index in [1.807, 2.05) is 36.9 Å². The lowest BCUT2D eigenvalue weighted by Crippen LogP contribution is -2.42. The fraction of sp³-hybridized carbons (Fsp3) is 0.600. The van der Waals surface area contributed by atoms with Gasteiger partial charge >= 0.3 is 5.97 Å². The second-order valence-electron chi connectivity index (χ2n) is 7.80. The van der Waals surface area contributed by atoms with E-state index in [0.717, 1.165) is 24.7 Å². The third kappa shape index (κ3) is 5.70. The summed E-state index contributed by atoms with van der Waals surface area (Å²) in [4.78, 5) is 26.9. The van der Waals surface area contributed by atoms with Gasteiger partial charge in [0, 0.05) is 31.9 Å². The van der Waals surface area contributed by atoms with Crippen molar-refractivity contribution >= 4 is 23.6 Å². The number of thioether (sulfide) groups is 1. The van der Waals surface area contributed by atoms with Crippen LogP contribution in [0.4, 0.5) is 0 Å². The van der Waals surface area contributed by atoms with Gasteiger partial charge in [-0.1, -0.05) is 30.3 Å². The van der Waals surface area contributed by atoms with Crippen molar-refractivity contribution in [2.75, 3.05) is 31.3 Å². The quantitative estimate of drug-likeness (QED) is 0.688. The number of esters is 1. The molecule has 2 aliphatic rings. The van der Waals surface area contributed by atoms with Crippen molar-refractivity contribution in [3.63, 3.8) is 0 Å². The molecule has 1 aromatic carbocycles. The highest BCUT2D eigenvalue weighted by Gasteiger charge is 2.38. The average Bonchev–Trinajstić information content (AvgIpc) is 3.34. The summed E-state index contributed by atoms with van der Waals surface area (Å²) in [5.41, 5.74) is 0.598. The van der Waals surface area contributed by atoms with Gasteiger partial charge in [-0.3, -0.25) is 9.59 Å². The highest BCUT2D eigenvalue weighted by Crippen LogP contribution is 2.23. The Kier molecular flexibility index (Phi) is 6.78. The van der Waals surface area contributed by atoms with Crippen molar-refractivity contribution in [3.05, 3.63) is 35.9 Å². The molecule has 0 spiro atoms. The number of nitrogens with zero attached hydrogens (tertiary/aromatic N) is 1. The van der Waals surface area contributed by atoms with Gasteiger partial charge in [0.1, 0.15) is 5.60 Å². The molecule has 3 rings (SSSR count). The van der Waals surface area contributed by atoms with Crippen LogP contribution in [0.1, 0.15) is 25.8 Å². The standard InChI is InChI=1S/C20H29N3O3S/c1-20(2,13-21-11-15-6-4-3-5-7-15)26-19(25)16-10-17(22-12-16)18(24)23-8-9-27-14-23/h3-7,16-17,21-22H,8-14H2,1-2H3. The molecule has 2 atom stereocenters. The molecule has 2 unspecified atom stereocenters. The van der Waals surface area contributed by atoms with E-state index in [0.29, 0.717) is 19.5 Å². The number of nitrogens with one attached hydrogen (secondary N) is 2. The summed E-state index contributed by atoms with van der Waals surface area (Å²) in [5.74, 6) is 1.38. The second kappa shape index (κ2) is 9.08. The molecule has 0 saturated carbocycles. The van der Waals surface area contributed by atoms with Crippen molar-refractivity contribution in [1.82, 2.24) is 15.5 Å². The molecule has 2 fully saturated rings. The van der Waals surface area contributed by atoms with Crippen LogP contribution in [0.5, 0.6) is 0 Å². The highest BCUT2D eigenvalue weighted by atomic mass is 32.2. The number of rotatable bonds is 7. The summed E-state index contributed by atoms with van der Waals surface area (Å²) in [6.07, 6.45) is 0.520. The summed E-state index contributed by atoms with van der Waals surface area (Å²) in [6, 6.07) is 9.87. The lowest BCUT2D eigenvalue weighted by atomic mass is 10.0. The molecule has 2 aliphatic heterocycles. The van der Waals surface area contributed by atoms with Crippen molar-refractivity contribution in [3.8, 4) is 0 Å². The van der Waals surface area contributed by atoms with Gasteiger partial charge in [0.15, 0.2) is 0 Å². The van der Waals surface area contributed by atoms with Crippen molar-refractivity contribution in [1.29, 1.82) is 0 Å². The summed E-state index contributed by atoms with van der Waals surface area (Å²) >= 11 is 1.77. The van der Waals surface area contributed by atoms with E-state index < -0.39 is 5.60 Å². The predicted octanol–water partition coefficient (Wildman–Crippen LogP) is 1.61. The maximum Gasteiger partial charge on any atom is 0.310 e. The van der Waals surface area contributed by atoms with E-state index in [1.165, 1.54) is 5.56 Å². The van der Waals surface area contributed by atoms with Gasteiger partial charge in [-0.15, -0.1) is 11.8 Å². The van der Waals surface area contributed by atoms with E-state index in [4.69, 9.17) is 4.74 Å². The monoisotopic (exact) mass is 391 g/mol. The first kappa shape index (κ1) is 20.2. The SMILES string of the molecule is CC(C)(CNCc1ccccc1)OC(=O)C1CNC(C(=O)N2CCSC2)C1. The van der Waals surface area contributed by atoms with Gasteiger partial charge < -0.3 is 20.3 Å². The molecule has 0 aromatic heterocycles. The van der Waals surface area contributed by atoms with Crippen LogP contribution in [0.15, 0.2) is 30.3 Å². The minimum atomic E-state index is -0.598.